The largest absolute Gasteiger partial charge is 0.396 e. The molecule has 2 rings (SSSR count). The number of hydrogen-bond donors (Lipinski definition) is 2. The van der Waals surface area contributed by atoms with Crippen molar-refractivity contribution in [1.29, 1.82) is 0 Å². The third-order valence-electron chi connectivity index (χ3n) is 3.95. The van der Waals surface area contributed by atoms with E-state index in [0.717, 1.165) is 17.7 Å². The number of benzene rings is 2. The Kier molecular flexibility index (Phi) is 6.97. The predicted octanol–water partition coefficient (Wildman–Crippen LogP) is 2.64. The maximum Gasteiger partial charge on any atom is 0.251 e. The molecule has 1 unspecified atom stereocenters. The molecular formula is C20H26N2O2. The molecule has 24 heavy (non-hydrogen) atoms. The number of aliphatic hydroxyl groups excluding tert-OH is 1. The second-order valence-electron chi connectivity index (χ2n) is 6.27. The van der Waals surface area contributed by atoms with E-state index in [0.29, 0.717) is 18.5 Å². The Bertz CT molecular complexity index is 641. The van der Waals surface area contributed by atoms with Gasteiger partial charge in [-0.05, 0) is 43.8 Å². The van der Waals surface area contributed by atoms with Gasteiger partial charge < -0.3 is 15.3 Å². The van der Waals surface area contributed by atoms with Gasteiger partial charge in [0.25, 0.3) is 5.91 Å². The lowest BCUT2D eigenvalue weighted by Gasteiger charge is -2.17. The molecule has 0 bridgehead atoms. The molecule has 2 aromatic rings. The number of nitrogens with zero attached hydrogens (tertiary/aromatic N) is 1. The summed E-state index contributed by atoms with van der Waals surface area (Å²) in [5.41, 5.74) is 2.92. The van der Waals surface area contributed by atoms with Gasteiger partial charge in [0.2, 0.25) is 0 Å². The van der Waals surface area contributed by atoms with Crippen LogP contribution in [0.4, 0.5) is 0 Å². The molecule has 0 aromatic heterocycles. The third kappa shape index (κ3) is 5.48. The molecule has 0 aliphatic carbocycles. The van der Waals surface area contributed by atoms with Crippen LogP contribution in [-0.4, -0.2) is 43.2 Å². The summed E-state index contributed by atoms with van der Waals surface area (Å²) in [7, 11) is 4.01. The molecule has 128 valence electrons. The Morgan fingerprint density at radius 2 is 1.88 bits per heavy atom. The van der Waals surface area contributed by atoms with Gasteiger partial charge in [-0.1, -0.05) is 42.5 Å². The van der Waals surface area contributed by atoms with Crippen LogP contribution < -0.4 is 5.32 Å². The standard InChI is InChI=1S/C20H26N2O2/c1-22(2)15-16-7-6-10-18(13-16)20(24)21-14-19(11-12-23)17-8-4-3-5-9-17/h3-10,13,19,23H,11-12,14-15H2,1-2H3,(H,21,24). The zero-order valence-corrected chi connectivity index (χ0v) is 14.4. The van der Waals surface area contributed by atoms with E-state index in [1.54, 1.807) is 0 Å². The molecular weight excluding hydrogens is 300 g/mol. The van der Waals surface area contributed by atoms with Crippen LogP contribution in [0.25, 0.3) is 0 Å². The summed E-state index contributed by atoms with van der Waals surface area (Å²) < 4.78 is 0. The minimum Gasteiger partial charge on any atom is -0.396 e. The molecule has 2 N–H and O–H groups in total. The smallest absolute Gasteiger partial charge is 0.251 e. The molecule has 0 saturated carbocycles. The fraction of sp³-hybridized carbons (Fsp3) is 0.350. The quantitative estimate of drug-likeness (QED) is 0.784. The molecule has 2 aromatic carbocycles. The van der Waals surface area contributed by atoms with Gasteiger partial charge in [0.1, 0.15) is 0 Å². The SMILES string of the molecule is CN(C)Cc1cccc(C(=O)NCC(CCO)c2ccccc2)c1. The van der Waals surface area contributed by atoms with Crippen LogP contribution in [0.1, 0.15) is 33.8 Å². The third-order valence-corrected chi connectivity index (χ3v) is 3.95. The Morgan fingerprint density at radius 3 is 2.54 bits per heavy atom. The van der Waals surface area contributed by atoms with E-state index in [9.17, 15) is 9.90 Å². The highest BCUT2D eigenvalue weighted by molar-refractivity contribution is 5.94. The fourth-order valence-corrected chi connectivity index (χ4v) is 2.76. The van der Waals surface area contributed by atoms with E-state index in [1.807, 2.05) is 68.7 Å². The lowest BCUT2D eigenvalue weighted by atomic mass is 9.96. The van der Waals surface area contributed by atoms with Gasteiger partial charge in [-0.2, -0.15) is 0 Å². The van der Waals surface area contributed by atoms with Gasteiger partial charge in [0.05, 0.1) is 0 Å². The van der Waals surface area contributed by atoms with E-state index in [4.69, 9.17) is 0 Å². The van der Waals surface area contributed by atoms with Crippen molar-refractivity contribution < 1.29 is 9.90 Å². The van der Waals surface area contributed by atoms with Gasteiger partial charge in [-0.25, -0.2) is 0 Å². The second kappa shape index (κ2) is 9.21. The zero-order chi connectivity index (χ0) is 17.4. The van der Waals surface area contributed by atoms with Crippen LogP contribution in [0.2, 0.25) is 0 Å². The van der Waals surface area contributed by atoms with Crippen molar-refractivity contribution in [2.24, 2.45) is 0 Å². The zero-order valence-electron chi connectivity index (χ0n) is 14.4. The number of rotatable bonds is 8. The van der Waals surface area contributed by atoms with E-state index < -0.39 is 0 Å². The minimum absolute atomic E-state index is 0.0746. The average Bonchev–Trinajstić information content (AvgIpc) is 2.58. The Balaban J connectivity index is 2.00. The summed E-state index contributed by atoms with van der Waals surface area (Å²) in [6.07, 6.45) is 0.630. The van der Waals surface area contributed by atoms with Crippen LogP contribution in [0.15, 0.2) is 54.6 Å². The Hall–Kier alpha value is -2.17. The lowest BCUT2D eigenvalue weighted by molar-refractivity contribution is 0.0949. The fourth-order valence-electron chi connectivity index (χ4n) is 2.76. The normalized spacial score (nSPS) is 12.2. The van der Waals surface area contributed by atoms with Gasteiger partial charge in [-0.15, -0.1) is 0 Å². The molecule has 0 aliphatic heterocycles. The molecule has 0 saturated heterocycles. The first kappa shape index (κ1) is 18.2. The van der Waals surface area contributed by atoms with Crippen molar-refractivity contribution in [2.45, 2.75) is 18.9 Å². The molecule has 0 radical (unpaired) electrons. The summed E-state index contributed by atoms with van der Waals surface area (Å²) in [5.74, 6) is 0.0413. The summed E-state index contributed by atoms with van der Waals surface area (Å²) in [6, 6.07) is 17.7. The topological polar surface area (TPSA) is 52.6 Å². The van der Waals surface area contributed by atoms with Gasteiger partial charge in [-0.3, -0.25) is 4.79 Å². The molecule has 4 nitrogen and oxygen atoms in total. The monoisotopic (exact) mass is 326 g/mol. The number of nitrogens with one attached hydrogen (secondary N) is 1. The van der Waals surface area contributed by atoms with Crippen molar-refractivity contribution >= 4 is 5.91 Å². The molecule has 1 amide bonds. The molecule has 0 heterocycles. The molecule has 0 spiro atoms. The van der Waals surface area contributed by atoms with Crippen LogP contribution in [0.3, 0.4) is 0 Å². The number of carbonyl (C=O) groups is 1. The molecule has 0 fully saturated rings. The first-order valence-electron chi connectivity index (χ1n) is 8.28. The Morgan fingerprint density at radius 1 is 1.12 bits per heavy atom. The van der Waals surface area contributed by atoms with Gasteiger partial charge in [0.15, 0.2) is 0 Å². The van der Waals surface area contributed by atoms with Crippen LogP contribution in [0.5, 0.6) is 0 Å². The van der Waals surface area contributed by atoms with Crippen LogP contribution >= 0.6 is 0 Å². The summed E-state index contributed by atoms with van der Waals surface area (Å²) in [4.78, 5) is 14.5. The summed E-state index contributed by atoms with van der Waals surface area (Å²) >= 11 is 0. The van der Waals surface area contributed by atoms with E-state index in [2.05, 4.69) is 10.2 Å². The Labute approximate surface area is 144 Å². The number of aliphatic hydroxyl groups is 1. The van der Waals surface area contributed by atoms with Crippen molar-refractivity contribution in [3.63, 3.8) is 0 Å². The van der Waals surface area contributed by atoms with Crippen molar-refractivity contribution in [3.8, 4) is 0 Å². The molecule has 0 aliphatic rings. The predicted molar refractivity (Wildman–Crippen MR) is 97.1 cm³/mol. The number of amides is 1. The van der Waals surface area contributed by atoms with E-state index in [-0.39, 0.29) is 18.4 Å². The van der Waals surface area contributed by atoms with Crippen LogP contribution in [-0.2, 0) is 6.54 Å². The molecule has 1 atom stereocenters. The maximum atomic E-state index is 12.4. The highest BCUT2D eigenvalue weighted by Crippen LogP contribution is 2.18. The second-order valence-corrected chi connectivity index (χ2v) is 6.27. The first-order valence-corrected chi connectivity index (χ1v) is 8.28. The number of hydrogen-bond acceptors (Lipinski definition) is 3. The van der Waals surface area contributed by atoms with Crippen LogP contribution in [0, 0.1) is 0 Å². The first-order chi connectivity index (χ1) is 11.6. The van der Waals surface area contributed by atoms with Crippen molar-refractivity contribution in [1.82, 2.24) is 10.2 Å². The van der Waals surface area contributed by atoms with E-state index in [1.165, 1.54) is 0 Å². The van der Waals surface area contributed by atoms with E-state index >= 15 is 0 Å². The highest BCUT2D eigenvalue weighted by atomic mass is 16.3. The highest BCUT2D eigenvalue weighted by Gasteiger charge is 2.13. The van der Waals surface area contributed by atoms with Gasteiger partial charge >= 0.3 is 0 Å². The maximum absolute atomic E-state index is 12.4. The number of carbonyl (C=O) groups excluding carboxylic acids is 1. The summed E-state index contributed by atoms with van der Waals surface area (Å²) in [6.45, 7) is 1.42. The van der Waals surface area contributed by atoms with Crippen molar-refractivity contribution in [3.05, 3.63) is 71.3 Å². The lowest BCUT2D eigenvalue weighted by Crippen LogP contribution is -2.29. The summed E-state index contributed by atoms with van der Waals surface area (Å²) in [5, 5.41) is 12.3. The van der Waals surface area contributed by atoms with Gasteiger partial charge in [0, 0.05) is 31.2 Å². The average molecular weight is 326 g/mol. The van der Waals surface area contributed by atoms with Crippen molar-refractivity contribution in [2.75, 3.05) is 27.2 Å². The molecule has 4 heteroatoms. The minimum atomic E-state index is -0.0746.